The van der Waals surface area contributed by atoms with Gasteiger partial charge in [-0.15, -0.1) is 0 Å². The van der Waals surface area contributed by atoms with E-state index < -0.39 is 4.92 Å². The Balaban J connectivity index is 2.95. The van der Waals surface area contributed by atoms with Gasteiger partial charge in [-0.1, -0.05) is 13.3 Å². The molecule has 1 unspecified atom stereocenters. The minimum atomic E-state index is -0.430. The molecule has 0 aliphatic rings. The van der Waals surface area contributed by atoms with Crippen molar-refractivity contribution in [3.8, 4) is 5.75 Å². The van der Waals surface area contributed by atoms with Crippen LogP contribution < -0.4 is 10.1 Å². The fourth-order valence-electron chi connectivity index (χ4n) is 2.09. The van der Waals surface area contributed by atoms with E-state index in [0.29, 0.717) is 6.61 Å². The average Bonchev–Trinajstić information content (AvgIpc) is 2.38. The number of rotatable bonds is 9. The SMILES string of the molecule is CCCC(COC)Nc1ccc([N+](=O)[O-])c(OC(C)C)c1. The molecule has 0 amide bonds. The van der Waals surface area contributed by atoms with Crippen LogP contribution in [-0.2, 0) is 4.74 Å². The first-order valence-electron chi connectivity index (χ1n) is 7.18. The van der Waals surface area contributed by atoms with Crippen LogP contribution in [0.5, 0.6) is 5.75 Å². The summed E-state index contributed by atoms with van der Waals surface area (Å²) in [5.74, 6) is 0.285. The van der Waals surface area contributed by atoms with Crippen molar-refractivity contribution in [2.75, 3.05) is 19.0 Å². The zero-order chi connectivity index (χ0) is 15.8. The molecule has 21 heavy (non-hydrogen) atoms. The Labute approximate surface area is 125 Å². The second-order valence-electron chi connectivity index (χ2n) is 5.19. The van der Waals surface area contributed by atoms with Gasteiger partial charge in [-0.3, -0.25) is 10.1 Å². The molecule has 1 aromatic rings. The number of nitro groups is 1. The van der Waals surface area contributed by atoms with E-state index in [2.05, 4.69) is 12.2 Å². The molecule has 0 aliphatic heterocycles. The van der Waals surface area contributed by atoms with E-state index in [1.807, 2.05) is 13.8 Å². The lowest BCUT2D eigenvalue weighted by molar-refractivity contribution is -0.386. The normalized spacial score (nSPS) is 12.2. The third-order valence-electron chi connectivity index (χ3n) is 2.89. The highest BCUT2D eigenvalue weighted by Crippen LogP contribution is 2.31. The fraction of sp³-hybridized carbons (Fsp3) is 0.600. The highest BCUT2D eigenvalue weighted by molar-refractivity contribution is 5.58. The summed E-state index contributed by atoms with van der Waals surface area (Å²) < 4.78 is 10.7. The lowest BCUT2D eigenvalue weighted by Crippen LogP contribution is -2.24. The van der Waals surface area contributed by atoms with Crippen LogP contribution in [0.4, 0.5) is 11.4 Å². The lowest BCUT2D eigenvalue weighted by atomic mass is 10.1. The van der Waals surface area contributed by atoms with E-state index in [0.717, 1.165) is 18.5 Å². The van der Waals surface area contributed by atoms with Gasteiger partial charge in [-0.05, 0) is 26.3 Å². The lowest BCUT2D eigenvalue weighted by Gasteiger charge is -2.19. The van der Waals surface area contributed by atoms with Crippen LogP contribution in [0.3, 0.4) is 0 Å². The molecule has 0 aromatic heterocycles. The number of hydrogen-bond acceptors (Lipinski definition) is 5. The van der Waals surface area contributed by atoms with E-state index in [4.69, 9.17) is 9.47 Å². The Morgan fingerprint density at radius 2 is 2.10 bits per heavy atom. The molecule has 0 heterocycles. The standard InChI is InChI=1S/C15H24N2O4/c1-5-6-13(10-20-4)16-12-7-8-14(17(18)19)15(9-12)21-11(2)3/h7-9,11,13,16H,5-6,10H2,1-4H3. The molecular weight excluding hydrogens is 272 g/mol. The summed E-state index contributed by atoms with van der Waals surface area (Å²) in [5, 5.41) is 14.4. The van der Waals surface area contributed by atoms with Crippen LogP contribution in [0.15, 0.2) is 18.2 Å². The number of ether oxygens (including phenoxy) is 2. The zero-order valence-electron chi connectivity index (χ0n) is 13.1. The van der Waals surface area contributed by atoms with Crippen LogP contribution in [0.2, 0.25) is 0 Å². The number of nitrogens with zero attached hydrogens (tertiary/aromatic N) is 1. The van der Waals surface area contributed by atoms with Gasteiger partial charge >= 0.3 is 5.69 Å². The molecule has 0 spiro atoms. The highest BCUT2D eigenvalue weighted by atomic mass is 16.6. The number of nitro benzene ring substituents is 1. The topological polar surface area (TPSA) is 73.6 Å². The van der Waals surface area contributed by atoms with Crippen molar-refractivity contribution < 1.29 is 14.4 Å². The van der Waals surface area contributed by atoms with Gasteiger partial charge in [0.05, 0.1) is 17.6 Å². The second-order valence-corrected chi connectivity index (χ2v) is 5.19. The summed E-state index contributed by atoms with van der Waals surface area (Å²) in [4.78, 5) is 10.6. The van der Waals surface area contributed by atoms with Crippen molar-refractivity contribution in [1.29, 1.82) is 0 Å². The van der Waals surface area contributed by atoms with Crippen LogP contribution in [0, 0.1) is 10.1 Å². The third kappa shape index (κ3) is 5.59. The van der Waals surface area contributed by atoms with Crippen molar-refractivity contribution in [2.24, 2.45) is 0 Å². The monoisotopic (exact) mass is 296 g/mol. The molecule has 6 heteroatoms. The van der Waals surface area contributed by atoms with E-state index >= 15 is 0 Å². The van der Waals surface area contributed by atoms with E-state index in [-0.39, 0.29) is 23.6 Å². The molecule has 0 fully saturated rings. The molecule has 1 rings (SSSR count). The summed E-state index contributed by atoms with van der Waals surface area (Å²) in [5.41, 5.74) is 0.778. The van der Waals surface area contributed by atoms with Crippen molar-refractivity contribution in [3.63, 3.8) is 0 Å². The van der Waals surface area contributed by atoms with Gasteiger partial charge in [0.2, 0.25) is 0 Å². The summed E-state index contributed by atoms with van der Waals surface area (Å²) in [7, 11) is 1.66. The molecule has 6 nitrogen and oxygen atoms in total. The molecule has 1 N–H and O–H groups in total. The van der Waals surface area contributed by atoms with E-state index in [1.165, 1.54) is 6.07 Å². The van der Waals surface area contributed by atoms with Gasteiger partial charge in [0.1, 0.15) is 0 Å². The molecule has 1 atom stereocenters. The molecule has 0 saturated carbocycles. The summed E-state index contributed by atoms with van der Waals surface area (Å²) in [6.07, 6.45) is 1.87. The first-order valence-corrected chi connectivity index (χ1v) is 7.18. The highest BCUT2D eigenvalue weighted by Gasteiger charge is 2.17. The predicted molar refractivity (Wildman–Crippen MR) is 83.1 cm³/mol. The number of benzene rings is 1. The predicted octanol–water partition coefficient (Wildman–Crippen LogP) is 3.61. The maximum atomic E-state index is 11.0. The van der Waals surface area contributed by atoms with Crippen molar-refractivity contribution in [1.82, 2.24) is 0 Å². The molecule has 0 bridgehead atoms. The minimum absolute atomic E-state index is 0.0203. The van der Waals surface area contributed by atoms with E-state index in [9.17, 15) is 10.1 Å². The molecular formula is C15H24N2O4. The van der Waals surface area contributed by atoms with Gasteiger partial charge < -0.3 is 14.8 Å². The maximum absolute atomic E-state index is 11.0. The molecule has 0 radical (unpaired) electrons. The van der Waals surface area contributed by atoms with Gasteiger partial charge in [0, 0.05) is 31.0 Å². The van der Waals surface area contributed by atoms with Crippen LogP contribution in [0.1, 0.15) is 33.6 Å². The maximum Gasteiger partial charge on any atom is 0.311 e. The zero-order valence-corrected chi connectivity index (χ0v) is 13.1. The number of anilines is 1. The van der Waals surface area contributed by atoms with Gasteiger partial charge in [-0.2, -0.15) is 0 Å². The number of nitrogens with one attached hydrogen (secondary N) is 1. The smallest absolute Gasteiger partial charge is 0.311 e. The van der Waals surface area contributed by atoms with Gasteiger partial charge in [0.15, 0.2) is 5.75 Å². The fourth-order valence-corrected chi connectivity index (χ4v) is 2.09. The average molecular weight is 296 g/mol. The Bertz CT molecular complexity index is 457. The first kappa shape index (κ1) is 17.2. The molecule has 1 aromatic carbocycles. The Morgan fingerprint density at radius 1 is 1.38 bits per heavy atom. The van der Waals surface area contributed by atoms with Crippen molar-refractivity contribution >= 4 is 11.4 Å². The summed E-state index contributed by atoms with van der Waals surface area (Å²) >= 11 is 0. The Morgan fingerprint density at radius 3 is 2.62 bits per heavy atom. The van der Waals surface area contributed by atoms with E-state index in [1.54, 1.807) is 19.2 Å². The number of methoxy groups -OCH3 is 1. The van der Waals surface area contributed by atoms with Crippen LogP contribution in [0.25, 0.3) is 0 Å². The first-order chi connectivity index (χ1) is 9.97. The van der Waals surface area contributed by atoms with Crippen LogP contribution in [-0.4, -0.2) is 30.8 Å². The minimum Gasteiger partial charge on any atom is -0.484 e. The third-order valence-corrected chi connectivity index (χ3v) is 2.89. The molecule has 0 saturated heterocycles. The molecule has 118 valence electrons. The molecule has 0 aliphatic carbocycles. The number of hydrogen-bond donors (Lipinski definition) is 1. The van der Waals surface area contributed by atoms with Crippen LogP contribution >= 0.6 is 0 Å². The largest absolute Gasteiger partial charge is 0.484 e. The summed E-state index contributed by atoms with van der Waals surface area (Å²) in [6.45, 7) is 6.38. The Kier molecular flexibility index (Phi) is 6.94. The van der Waals surface area contributed by atoms with Gasteiger partial charge in [0.25, 0.3) is 0 Å². The van der Waals surface area contributed by atoms with Crippen molar-refractivity contribution in [2.45, 2.75) is 45.8 Å². The quantitative estimate of drug-likeness (QED) is 0.556. The van der Waals surface area contributed by atoms with Crippen molar-refractivity contribution in [3.05, 3.63) is 28.3 Å². The second kappa shape index (κ2) is 8.46. The summed E-state index contributed by atoms with van der Waals surface area (Å²) in [6, 6.07) is 5.02. The Hall–Kier alpha value is -1.82. The van der Waals surface area contributed by atoms with Gasteiger partial charge in [-0.25, -0.2) is 0 Å².